The Morgan fingerprint density at radius 3 is 2.78 bits per heavy atom. The highest BCUT2D eigenvalue weighted by Gasteiger charge is 2.09. The number of aromatic nitrogens is 2. The summed E-state index contributed by atoms with van der Waals surface area (Å²) in [7, 11) is 0. The van der Waals surface area contributed by atoms with E-state index in [1.165, 1.54) is 50.3 Å². The second kappa shape index (κ2) is 9.98. The van der Waals surface area contributed by atoms with Crippen LogP contribution in [0, 0.1) is 0 Å². The second-order valence-corrected chi connectivity index (χ2v) is 6.03. The summed E-state index contributed by atoms with van der Waals surface area (Å²) in [4.78, 5) is 20.5. The molecule has 0 aromatic carbocycles. The molecule has 2 N–H and O–H groups in total. The number of unbranched alkanes of at least 4 members (excludes halogenated alkanes) is 2. The van der Waals surface area contributed by atoms with Crippen molar-refractivity contribution in [1.29, 1.82) is 0 Å². The Bertz CT molecular complexity index is 510. The van der Waals surface area contributed by atoms with Gasteiger partial charge in [-0.05, 0) is 38.5 Å². The van der Waals surface area contributed by atoms with Crippen molar-refractivity contribution in [3.05, 3.63) is 29.7 Å². The van der Waals surface area contributed by atoms with E-state index in [1.807, 2.05) is 0 Å². The van der Waals surface area contributed by atoms with Crippen LogP contribution in [0.4, 0.5) is 5.82 Å². The van der Waals surface area contributed by atoms with Crippen molar-refractivity contribution in [2.24, 2.45) is 0 Å². The molecule has 1 heterocycles. The van der Waals surface area contributed by atoms with Gasteiger partial charge in [0.2, 0.25) is 0 Å². The molecule has 0 saturated carbocycles. The molecular weight excluding hydrogens is 288 g/mol. The largest absolute Gasteiger partial charge is 0.369 e. The van der Waals surface area contributed by atoms with E-state index in [0.29, 0.717) is 12.2 Å². The average molecular weight is 316 g/mol. The first-order valence-electron chi connectivity index (χ1n) is 8.81. The topological polar surface area (TPSA) is 66.9 Å². The van der Waals surface area contributed by atoms with Gasteiger partial charge in [0.05, 0.1) is 12.4 Å². The lowest BCUT2D eigenvalue weighted by Crippen LogP contribution is -2.26. The van der Waals surface area contributed by atoms with Crippen molar-refractivity contribution < 1.29 is 4.79 Å². The third-order valence-electron chi connectivity index (χ3n) is 4.09. The van der Waals surface area contributed by atoms with Crippen LogP contribution in [0.5, 0.6) is 0 Å². The minimum absolute atomic E-state index is 0.147. The lowest BCUT2D eigenvalue weighted by atomic mass is 9.97. The Hall–Kier alpha value is -1.91. The quantitative estimate of drug-likeness (QED) is 0.538. The highest BCUT2D eigenvalue weighted by molar-refractivity contribution is 5.91. The summed E-state index contributed by atoms with van der Waals surface area (Å²) in [5.74, 6) is 0.580. The highest BCUT2D eigenvalue weighted by Crippen LogP contribution is 2.19. The van der Waals surface area contributed by atoms with Gasteiger partial charge in [-0.3, -0.25) is 4.79 Å². The number of anilines is 1. The van der Waals surface area contributed by atoms with Gasteiger partial charge in [0.1, 0.15) is 11.5 Å². The van der Waals surface area contributed by atoms with Gasteiger partial charge in [-0.15, -0.1) is 0 Å². The minimum Gasteiger partial charge on any atom is -0.369 e. The number of amides is 1. The Kier molecular flexibility index (Phi) is 7.57. The molecule has 5 nitrogen and oxygen atoms in total. The fourth-order valence-electron chi connectivity index (χ4n) is 2.69. The molecule has 0 spiro atoms. The van der Waals surface area contributed by atoms with Crippen LogP contribution in [0.25, 0.3) is 0 Å². The van der Waals surface area contributed by atoms with E-state index in [-0.39, 0.29) is 5.91 Å². The molecule has 0 saturated heterocycles. The van der Waals surface area contributed by atoms with Crippen molar-refractivity contribution >= 4 is 11.7 Å². The molecule has 126 valence electrons. The van der Waals surface area contributed by atoms with E-state index in [1.54, 1.807) is 6.20 Å². The van der Waals surface area contributed by atoms with Crippen molar-refractivity contribution in [2.45, 2.75) is 58.3 Å². The lowest BCUT2D eigenvalue weighted by molar-refractivity contribution is 0.0948. The van der Waals surface area contributed by atoms with E-state index in [0.717, 1.165) is 25.2 Å². The van der Waals surface area contributed by atoms with Crippen LogP contribution in [0.3, 0.4) is 0 Å². The molecular formula is C18H28N4O. The molecule has 0 unspecified atom stereocenters. The third kappa shape index (κ3) is 6.38. The number of hydrogen-bond acceptors (Lipinski definition) is 4. The van der Waals surface area contributed by atoms with Crippen LogP contribution in [-0.4, -0.2) is 29.0 Å². The van der Waals surface area contributed by atoms with E-state index in [9.17, 15) is 4.79 Å². The second-order valence-electron chi connectivity index (χ2n) is 6.03. The number of rotatable bonds is 9. The Labute approximate surface area is 139 Å². The van der Waals surface area contributed by atoms with Gasteiger partial charge in [-0.2, -0.15) is 0 Å². The highest BCUT2D eigenvalue weighted by atomic mass is 16.1. The molecule has 0 fully saturated rings. The Balaban J connectivity index is 1.70. The maximum Gasteiger partial charge on any atom is 0.271 e. The molecule has 0 bridgehead atoms. The van der Waals surface area contributed by atoms with Crippen LogP contribution in [-0.2, 0) is 0 Å². The van der Waals surface area contributed by atoms with Gasteiger partial charge in [-0.25, -0.2) is 9.97 Å². The normalized spacial score (nSPS) is 14.2. The summed E-state index contributed by atoms with van der Waals surface area (Å²) in [6, 6.07) is 0. The number of allylic oxidation sites excluding steroid dienone is 1. The molecule has 1 aliphatic rings. The number of carbonyl (C=O) groups is 1. The summed E-state index contributed by atoms with van der Waals surface area (Å²) in [6.07, 6.45) is 14.9. The minimum atomic E-state index is -0.147. The first-order valence-corrected chi connectivity index (χ1v) is 8.81. The third-order valence-corrected chi connectivity index (χ3v) is 4.09. The first kappa shape index (κ1) is 17.4. The van der Waals surface area contributed by atoms with Crippen molar-refractivity contribution in [3.8, 4) is 0 Å². The summed E-state index contributed by atoms with van der Waals surface area (Å²) >= 11 is 0. The number of hydrogen-bond donors (Lipinski definition) is 2. The SMILES string of the molecule is CCCCCNc1cnc(C(=O)NCCC2=CCCCC2)cn1. The molecule has 23 heavy (non-hydrogen) atoms. The first-order chi connectivity index (χ1) is 11.3. The van der Waals surface area contributed by atoms with E-state index >= 15 is 0 Å². The maximum absolute atomic E-state index is 12.0. The fourth-order valence-corrected chi connectivity index (χ4v) is 2.69. The molecule has 1 aromatic rings. The maximum atomic E-state index is 12.0. The van der Waals surface area contributed by atoms with Crippen molar-refractivity contribution in [2.75, 3.05) is 18.4 Å². The van der Waals surface area contributed by atoms with E-state index in [2.05, 4.69) is 33.6 Å². The molecule has 1 aromatic heterocycles. The van der Waals surface area contributed by atoms with Crippen molar-refractivity contribution in [1.82, 2.24) is 15.3 Å². The number of nitrogens with one attached hydrogen (secondary N) is 2. The monoisotopic (exact) mass is 316 g/mol. The summed E-state index contributed by atoms with van der Waals surface area (Å²) in [5, 5.41) is 6.14. The average Bonchev–Trinajstić information content (AvgIpc) is 2.60. The van der Waals surface area contributed by atoms with Gasteiger partial charge in [0.25, 0.3) is 5.91 Å². The van der Waals surface area contributed by atoms with Gasteiger partial charge < -0.3 is 10.6 Å². The zero-order valence-electron chi connectivity index (χ0n) is 14.1. The van der Waals surface area contributed by atoms with E-state index in [4.69, 9.17) is 0 Å². The molecule has 0 radical (unpaired) electrons. The standard InChI is InChI=1S/C18H28N4O/c1-2-3-7-11-19-17-14-21-16(13-22-17)18(23)20-12-10-15-8-5-4-6-9-15/h8,13-14H,2-7,9-12H2,1H3,(H,19,22)(H,20,23). The predicted octanol–water partition coefficient (Wildman–Crippen LogP) is 3.70. The van der Waals surface area contributed by atoms with Crippen molar-refractivity contribution in [3.63, 3.8) is 0 Å². The summed E-state index contributed by atoms with van der Waals surface area (Å²) in [5.41, 5.74) is 1.84. The Morgan fingerprint density at radius 2 is 2.09 bits per heavy atom. The van der Waals surface area contributed by atoms with Crippen LogP contribution < -0.4 is 10.6 Å². The predicted molar refractivity (Wildman–Crippen MR) is 93.5 cm³/mol. The van der Waals surface area contributed by atoms with E-state index < -0.39 is 0 Å². The van der Waals surface area contributed by atoms with Gasteiger partial charge in [-0.1, -0.05) is 31.4 Å². The van der Waals surface area contributed by atoms with Gasteiger partial charge in [0.15, 0.2) is 0 Å². The Morgan fingerprint density at radius 1 is 1.17 bits per heavy atom. The molecule has 1 amide bonds. The summed E-state index contributed by atoms with van der Waals surface area (Å²) < 4.78 is 0. The molecule has 0 atom stereocenters. The molecule has 5 heteroatoms. The molecule has 0 aliphatic heterocycles. The lowest BCUT2D eigenvalue weighted by Gasteiger charge is -2.12. The molecule has 1 aliphatic carbocycles. The van der Waals surface area contributed by atoms with Crippen LogP contribution in [0.1, 0.15) is 68.8 Å². The van der Waals surface area contributed by atoms with Gasteiger partial charge >= 0.3 is 0 Å². The fraction of sp³-hybridized carbons (Fsp3) is 0.611. The zero-order chi connectivity index (χ0) is 16.3. The zero-order valence-corrected chi connectivity index (χ0v) is 14.1. The smallest absolute Gasteiger partial charge is 0.271 e. The van der Waals surface area contributed by atoms with Crippen LogP contribution in [0.2, 0.25) is 0 Å². The van der Waals surface area contributed by atoms with Crippen LogP contribution in [0.15, 0.2) is 24.0 Å². The summed E-state index contributed by atoms with van der Waals surface area (Å²) in [6.45, 7) is 3.74. The number of nitrogens with zero attached hydrogens (tertiary/aromatic N) is 2. The number of carbonyl (C=O) groups excluding carboxylic acids is 1. The molecule has 2 rings (SSSR count). The van der Waals surface area contributed by atoms with Crippen LogP contribution >= 0.6 is 0 Å². The van der Waals surface area contributed by atoms with Gasteiger partial charge in [0, 0.05) is 13.1 Å².